The molecule has 124 valence electrons. The van der Waals surface area contributed by atoms with Crippen LogP contribution in [0.2, 0.25) is 5.02 Å². The highest BCUT2D eigenvalue weighted by atomic mass is 35.5. The van der Waals surface area contributed by atoms with Gasteiger partial charge in [-0.1, -0.05) is 23.7 Å². The summed E-state index contributed by atoms with van der Waals surface area (Å²) in [5.74, 6) is 0. The molecule has 0 bridgehead atoms. The lowest BCUT2D eigenvalue weighted by atomic mass is 10.1. The van der Waals surface area contributed by atoms with E-state index < -0.39 is 9.85 Å². The molecule has 0 N–H and O–H groups in total. The van der Waals surface area contributed by atoms with Gasteiger partial charge in [0.2, 0.25) is 0 Å². The lowest BCUT2D eigenvalue weighted by Gasteiger charge is -2.13. The van der Waals surface area contributed by atoms with E-state index in [4.69, 9.17) is 11.6 Å². The Morgan fingerprint density at radius 2 is 1.58 bits per heavy atom. The molecule has 0 unspecified atom stereocenters. The van der Waals surface area contributed by atoms with Crippen molar-refractivity contribution in [2.45, 2.75) is 0 Å². The van der Waals surface area contributed by atoms with Gasteiger partial charge in [0, 0.05) is 30.9 Å². The number of hydrogen-bond acceptors (Lipinski definition) is 5. The van der Waals surface area contributed by atoms with Gasteiger partial charge in [0.1, 0.15) is 0 Å². The molecule has 2 aromatic carbocycles. The minimum absolute atomic E-state index is 0.262. The maximum atomic E-state index is 11.1. The Kier molecular flexibility index (Phi) is 5.15. The third-order valence-electron chi connectivity index (χ3n) is 3.36. The lowest BCUT2D eigenvalue weighted by Crippen LogP contribution is -2.08. The molecule has 0 spiro atoms. The van der Waals surface area contributed by atoms with Gasteiger partial charge in [-0.3, -0.25) is 20.2 Å². The molecule has 0 aliphatic heterocycles. The summed E-state index contributed by atoms with van der Waals surface area (Å²) in [6.07, 6.45) is 3.15. The van der Waals surface area contributed by atoms with Gasteiger partial charge in [-0.15, -0.1) is 0 Å². The van der Waals surface area contributed by atoms with E-state index in [0.29, 0.717) is 10.6 Å². The fourth-order valence-corrected chi connectivity index (χ4v) is 2.29. The summed E-state index contributed by atoms with van der Waals surface area (Å²) >= 11 is 6.21. The molecule has 0 saturated carbocycles. The van der Waals surface area contributed by atoms with Gasteiger partial charge in [0.15, 0.2) is 0 Å². The van der Waals surface area contributed by atoms with Crippen LogP contribution in [0.3, 0.4) is 0 Å². The molecule has 2 aromatic rings. The average Bonchev–Trinajstić information content (AvgIpc) is 2.53. The first-order valence-electron chi connectivity index (χ1n) is 6.87. The molecule has 0 fully saturated rings. The summed E-state index contributed by atoms with van der Waals surface area (Å²) in [4.78, 5) is 22.4. The highest BCUT2D eigenvalue weighted by Crippen LogP contribution is 2.28. The zero-order valence-electron chi connectivity index (χ0n) is 13.0. The third-order valence-corrected chi connectivity index (χ3v) is 3.69. The second kappa shape index (κ2) is 7.10. The fraction of sp³-hybridized carbons (Fsp3) is 0.125. The van der Waals surface area contributed by atoms with E-state index in [9.17, 15) is 20.2 Å². The second-order valence-corrected chi connectivity index (χ2v) is 5.60. The van der Waals surface area contributed by atoms with Crippen LogP contribution in [0.4, 0.5) is 17.1 Å². The summed E-state index contributed by atoms with van der Waals surface area (Å²) in [6, 6.07) is 8.96. The molecule has 0 saturated heterocycles. The molecular weight excluding hydrogens is 334 g/mol. The van der Waals surface area contributed by atoms with Gasteiger partial charge in [0.25, 0.3) is 11.4 Å². The van der Waals surface area contributed by atoms with Crippen LogP contribution in [-0.4, -0.2) is 23.9 Å². The highest BCUT2D eigenvalue weighted by molar-refractivity contribution is 6.32. The third kappa shape index (κ3) is 3.88. The zero-order valence-corrected chi connectivity index (χ0v) is 13.7. The van der Waals surface area contributed by atoms with Crippen molar-refractivity contribution in [3.8, 4) is 0 Å². The van der Waals surface area contributed by atoms with E-state index in [-0.39, 0.29) is 16.9 Å². The minimum atomic E-state index is -0.669. The van der Waals surface area contributed by atoms with E-state index in [1.54, 1.807) is 18.2 Å². The van der Waals surface area contributed by atoms with Crippen molar-refractivity contribution in [1.82, 2.24) is 0 Å². The summed E-state index contributed by atoms with van der Waals surface area (Å²) < 4.78 is 0. The first-order valence-corrected chi connectivity index (χ1v) is 7.25. The number of nitro groups is 2. The number of non-ortho nitro benzene ring substituents is 1. The SMILES string of the molecule is CN(C)c1ccc(C=Cc2ccc([N+](=O)[O-])cc2[N+](=O)[O-])c(Cl)c1. The molecule has 0 aliphatic carbocycles. The summed E-state index contributed by atoms with van der Waals surface area (Å²) in [5.41, 5.74) is 1.22. The van der Waals surface area contributed by atoms with Gasteiger partial charge in [-0.05, 0) is 29.8 Å². The molecule has 0 atom stereocenters. The Balaban J connectivity index is 2.38. The maximum Gasteiger partial charge on any atom is 0.283 e. The van der Waals surface area contributed by atoms with Crippen LogP contribution < -0.4 is 4.90 Å². The first kappa shape index (κ1) is 17.4. The Labute approximate surface area is 143 Å². The van der Waals surface area contributed by atoms with Gasteiger partial charge < -0.3 is 4.90 Å². The first-order chi connectivity index (χ1) is 11.3. The van der Waals surface area contributed by atoms with Crippen LogP contribution in [0.5, 0.6) is 0 Å². The molecule has 8 heteroatoms. The van der Waals surface area contributed by atoms with E-state index >= 15 is 0 Å². The van der Waals surface area contributed by atoms with Crippen LogP contribution in [0.15, 0.2) is 36.4 Å². The van der Waals surface area contributed by atoms with E-state index in [1.807, 2.05) is 25.1 Å². The molecular formula is C16H14ClN3O4. The number of nitro benzene ring substituents is 2. The predicted molar refractivity (Wildman–Crippen MR) is 94.5 cm³/mol. The van der Waals surface area contributed by atoms with Gasteiger partial charge in [-0.25, -0.2) is 0 Å². The topological polar surface area (TPSA) is 89.5 Å². The molecule has 24 heavy (non-hydrogen) atoms. The molecule has 0 amide bonds. The summed E-state index contributed by atoms with van der Waals surface area (Å²) in [7, 11) is 3.78. The predicted octanol–water partition coefficient (Wildman–Crippen LogP) is 4.39. The highest BCUT2D eigenvalue weighted by Gasteiger charge is 2.17. The smallest absolute Gasteiger partial charge is 0.283 e. The van der Waals surface area contributed by atoms with Crippen LogP contribution in [0.25, 0.3) is 12.2 Å². The van der Waals surface area contributed by atoms with Crippen LogP contribution in [0, 0.1) is 20.2 Å². The number of halogens is 1. The Morgan fingerprint density at radius 1 is 0.958 bits per heavy atom. The quantitative estimate of drug-likeness (QED) is 0.454. The van der Waals surface area contributed by atoms with Crippen molar-refractivity contribution in [3.63, 3.8) is 0 Å². The molecule has 0 aliphatic rings. The number of benzene rings is 2. The second-order valence-electron chi connectivity index (χ2n) is 5.19. The maximum absolute atomic E-state index is 11.1. The monoisotopic (exact) mass is 347 g/mol. The largest absolute Gasteiger partial charge is 0.378 e. The van der Waals surface area contributed by atoms with Crippen molar-refractivity contribution < 1.29 is 9.85 Å². The Bertz CT molecular complexity index is 834. The normalized spacial score (nSPS) is 10.8. The lowest BCUT2D eigenvalue weighted by molar-refractivity contribution is -0.394. The van der Waals surface area contributed by atoms with Gasteiger partial charge in [0.05, 0.1) is 21.5 Å². The Morgan fingerprint density at radius 3 is 2.12 bits per heavy atom. The molecule has 7 nitrogen and oxygen atoms in total. The molecule has 0 radical (unpaired) electrons. The van der Waals surface area contributed by atoms with Crippen molar-refractivity contribution in [1.29, 1.82) is 0 Å². The minimum Gasteiger partial charge on any atom is -0.378 e. The molecule has 0 aromatic heterocycles. The van der Waals surface area contributed by atoms with Crippen molar-refractivity contribution in [2.75, 3.05) is 19.0 Å². The van der Waals surface area contributed by atoms with Crippen LogP contribution in [0.1, 0.15) is 11.1 Å². The number of rotatable bonds is 5. The Hall–Kier alpha value is -2.93. The van der Waals surface area contributed by atoms with Crippen molar-refractivity contribution >= 4 is 40.8 Å². The average molecular weight is 348 g/mol. The number of nitrogens with zero attached hydrogens (tertiary/aromatic N) is 3. The molecule has 0 heterocycles. The molecule has 2 rings (SSSR count). The van der Waals surface area contributed by atoms with Crippen LogP contribution >= 0.6 is 11.6 Å². The van der Waals surface area contributed by atoms with E-state index in [0.717, 1.165) is 11.8 Å². The zero-order chi connectivity index (χ0) is 17.9. The van der Waals surface area contributed by atoms with Crippen LogP contribution in [-0.2, 0) is 0 Å². The fourth-order valence-electron chi connectivity index (χ4n) is 2.05. The van der Waals surface area contributed by atoms with E-state index in [1.165, 1.54) is 18.2 Å². The summed E-state index contributed by atoms with van der Waals surface area (Å²) in [5, 5.41) is 22.4. The van der Waals surface area contributed by atoms with Crippen molar-refractivity contribution in [3.05, 3.63) is 72.8 Å². The summed E-state index contributed by atoms with van der Waals surface area (Å²) in [6.45, 7) is 0. The van der Waals surface area contributed by atoms with Crippen molar-refractivity contribution in [2.24, 2.45) is 0 Å². The standard InChI is InChI=1S/C16H14ClN3O4/c1-18(2)13-7-5-11(15(17)9-13)3-4-12-6-8-14(19(21)22)10-16(12)20(23)24/h3-10H,1-2H3. The van der Waals surface area contributed by atoms with Gasteiger partial charge >= 0.3 is 0 Å². The number of anilines is 1. The van der Waals surface area contributed by atoms with Gasteiger partial charge in [-0.2, -0.15) is 0 Å². The number of hydrogen-bond donors (Lipinski definition) is 0. The van der Waals surface area contributed by atoms with E-state index in [2.05, 4.69) is 0 Å².